The zero-order valence-electron chi connectivity index (χ0n) is 10.8. The molecular weight excluding hydrogens is 317 g/mol. The van der Waals surface area contributed by atoms with E-state index in [2.05, 4.69) is 4.98 Å². The average Bonchev–Trinajstić information content (AvgIpc) is 2.79. The van der Waals surface area contributed by atoms with Gasteiger partial charge in [-0.15, -0.1) is 11.6 Å². The predicted octanol–water partition coefficient (Wildman–Crippen LogP) is 4.74. The van der Waals surface area contributed by atoms with Crippen molar-refractivity contribution in [1.29, 1.82) is 0 Å². The van der Waals surface area contributed by atoms with Crippen LogP contribution in [0, 0.1) is 11.6 Å². The van der Waals surface area contributed by atoms with E-state index in [-0.39, 0.29) is 5.69 Å². The summed E-state index contributed by atoms with van der Waals surface area (Å²) >= 11 is 11.7. The van der Waals surface area contributed by atoms with E-state index in [4.69, 9.17) is 23.2 Å². The first-order chi connectivity index (χ1) is 10.1. The minimum atomic E-state index is -0.526. The Morgan fingerprint density at radius 1 is 1.10 bits per heavy atom. The van der Waals surface area contributed by atoms with Crippen LogP contribution in [-0.4, -0.2) is 15.4 Å². The van der Waals surface area contributed by atoms with Crippen molar-refractivity contribution >= 4 is 34.2 Å². The quantitative estimate of drug-likeness (QED) is 0.636. The van der Waals surface area contributed by atoms with Crippen LogP contribution >= 0.6 is 23.2 Å². The normalized spacial score (nSPS) is 11.2. The number of aryl methyl sites for hydroxylation is 1. The van der Waals surface area contributed by atoms with E-state index in [1.54, 1.807) is 22.8 Å². The van der Waals surface area contributed by atoms with Crippen LogP contribution in [-0.2, 0) is 6.42 Å². The molecule has 108 valence electrons. The van der Waals surface area contributed by atoms with Crippen molar-refractivity contribution in [1.82, 2.24) is 9.55 Å². The van der Waals surface area contributed by atoms with Gasteiger partial charge in [-0.05, 0) is 30.3 Å². The highest BCUT2D eigenvalue weighted by Gasteiger charge is 2.16. The number of benzene rings is 2. The zero-order valence-corrected chi connectivity index (χ0v) is 12.3. The molecule has 3 rings (SSSR count). The van der Waals surface area contributed by atoms with Gasteiger partial charge in [-0.2, -0.15) is 0 Å². The lowest BCUT2D eigenvalue weighted by atomic mass is 10.2. The number of hydrogen-bond donors (Lipinski definition) is 0. The minimum absolute atomic E-state index is 0.111. The Hall–Kier alpha value is -1.65. The highest BCUT2D eigenvalue weighted by molar-refractivity contribution is 6.31. The SMILES string of the molecule is Fc1ccc(F)c(-n2c(CCCl)nc3cc(Cl)ccc32)c1. The molecule has 1 aromatic heterocycles. The second-order valence-electron chi connectivity index (χ2n) is 4.53. The van der Waals surface area contributed by atoms with Gasteiger partial charge in [0.1, 0.15) is 17.5 Å². The maximum atomic E-state index is 14.1. The molecule has 0 bridgehead atoms. The second-order valence-corrected chi connectivity index (χ2v) is 5.35. The molecule has 2 nitrogen and oxygen atoms in total. The molecule has 0 aliphatic heterocycles. The van der Waals surface area contributed by atoms with Crippen LogP contribution in [0.1, 0.15) is 5.82 Å². The van der Waals surface area contributed by atoms with Crippen LogP contribution < -0.4 is 0 Å². The van der Waals surface area contributed by atoms with E-state index in [0.717, 1.165) is 18.2 Å². The molecule has 0 saturated carbocycles. The van der Waals surface area contributed by atoms with Crippen molar-refractivity contribution in [3.63, 3.8) is 0 Å². The Bertz CT molecular complexity index is 815. The van der Waals surface area contributed by atoms with Crippen LogP contribution in [0.15, 0.2) is 36.4 Å². The first kappa shape index (κ1) is 14.3. The molecule has 0 amide bonds. The molecule has 0 N–H and O–H groups in total. The lowest BCUT2D eigenvalue weighted by Crippen LogP contribution is -2.05. The Balaban J connectivity index is 2.33. The summed E-state index contributed by atoms with van der Waals surface area (Å²) in [6, 6.07) is 8.41. The third kappa shape index (κ3) is 2.61. The number of alkyl halides is 1. The predicted molar refractivity (Wildman–Crippen MR) is 80.4 cm³/mol. The van der Waals surface area contributed by atoms with Crippen molar-refractivity contribution in [2.24, 2.45) is 0 Å². The smallest absolute Gasteiger partial charge is 0.147 e. The van der Waals surface area contributed by atoms with Gasteiger partial charge in [0.15, 0.2) is 0 Å². The van der Waals surface area contributed by atoms with Crippen molar-refractivity contribution in [3.8, 4) is 5.69 Å². The monoisotopic (exact) mass is 326 g/mol. The van der Waals surface area contributed by atoms with E-state index in [9.17, 15) is 8.78 Å². The van der Waals surface area contributed by atoms with Gasteiger partial charge in [0.25, 0.3) is 0 Å². The summed E-state index contributed by atoms with van der Waals surface area (Å²) in [6.07, 6.45) is 0.434. The maximum Gasteiger partial charge on any atom is 0.147 e. The van der Waals surface area contributed by atoms with Gasteiger partial charge in [0.2, 0.25) is 0 Å². The average molecular weight is 327 g/mol. The first-order valence-corrected chi connectivity index (χ1v) is 7.19. The Morgan fingerprint density at radius 3 is 2.67 bits per heavy atom. The van der Waals surface area contributed by atoms with Gasteiger partial charge in [0.05, 0.1) is 16.7 Å². The van der Waals surface area contributed by atoms with Crippen molar-refractivity contribution in [2.75, 3.05) is 5.88 Å². The summed E-state index contributed by atoms with van der Waals surface area (Å²) in [5.41, 5.74) is 1.38. The molecule has 0 aliphatic carbocycles. The van der Waals surface area contributed by atoms with Gasteiger partial charge in [-0.25, -0.2) is 13.8 Å². The van der Waals surface area contributed by atoms with E-state index in [0.29, 0.717) is 34.2 Å². The number of halogens is 4. The third-order valence-electron chi connectivity index (χ3n) is 3.15. The summed E-state index contributed by atoms with van der Waals surface area (Å²) in [4.78, 5) is 4.42. The number of hydrogen-bond acceptors (Lipinski definition) is 1. The molecule has 1 heterocycles. The zero-order chi connectivity index (χ0) is 15.0. The highest BCUT2D eigenvalue weighted by atomic mass is 35.5. The Labute approximate surface area is 129 Å². The molecule has 3 aromatic rings. The summed E-state index contributed by atoms with van der Waals surface area (Å²) in [5.74, 6) is -0.152. The van der Waals surface area contributed by atoms with Crippen LogP contribution in [0.25, 0.3) is 16.7 Å². The van der Waals surface area contributed by atoms with Crippen LogP contribution in [0.3, 0.4) is 0 Å². The molecule has 2 aromatic carbocycles. The topological polar surface area (TPSA) is 17.8 Å². The fraction of sp³-hybridized carbons (Fsp3) is 0.133. The lowest BCUT2D eigenvalue weighted by molar-refractivity contribution is 0.592. The summed E-state index contributed by atoms with van der Waals surface area (Å²) in [5, 5.41) is 0.532. The van der Waals surface area contributed by atoms with E-state index >= 15 is 0 Å². The van der Waals surface area contributed by atoms with Crippen molar-refractivity contribution in [3.05, 3.63) is 58.9 Å². The number of aromatic nitrogens is 2. The van der Waals surface area contributed by atoms with E-state index in [1.165, 1.54) is 0 Å². The van der Waals surface area contributed by atoms with Crippen molar-refractivity contribution < 1.29 is 8.78 Å². The molecule has 0 atom stereocenters. The number of fused-ring (bicyclic) bond motifs is 1. The number of rotatable bonds is 3. The van der Waals surface area contributed by atoms with Gasteiger partial charge < -0.3 is 0 Å². The van der Waals surface area contributed by atoms with Gasteiger partial charge in [-0.1, -0.05) is 11.6 Å². The molecule has 0 radical (unpaired) electrons. The second kappa shape index (κ2) is 5.62. The van der Waals surface area contributed by atoms with E-state index in [1.807, 2.05) is 0 Å². The van der Waals surface area contributed by atoms with Crippen LogP contribution in [0.5, 0.6) is 0 Å². The number of imidazole rings is 1. The van der Waals surface area contributed by atoms with Gasteiger partial charge >= 0.3 is 0 Å². The standard InChI is InChI=1S/C15H10Cl2F2N2/c16-6-5-15-20-12-7-9(17)1-4-13(12)21(15)14-8-10(18)2-3-11(14)19/h1-4,7-8H,5-6H2. The fourth-order valence-corrected chi connectivity index (χ4v) is 2.62. The van der Waals surface area contributed by atoms with Crippen LogP contribution in [0.2, 0.25) is 5.02 Å². The molecule has 0 unspecified atom stereocenters. The lowest BCUT2D eigenvalue weighted by Gasteiger charge is -2.10. The Kier molecular flexibility index (Phi) is 3.83. The minimum Gasteiger partial charge on any atom is -0.293 e. The number of nitrogens with zero attached hydrogens (tertiary/aromatic N) is 2. The third-order valence-corrected chi connectivity index (χ3v) is 3.58. The summed E-state index contributed by atoms with van der Waals surface area (Å²) < 4.78 is 29.1. The molecule has 0 aliphatic rings. The largest absolute Gasteiger partial charge is 0.293 e. The van der Waals surface area contributed by atoms with Gasteiger partial charge in [-0.3, -0.25) is 4.57 Å². The fourth-order valence-electron chi connectivity index (χ4n) is 2.28. The molecule has 6 heteroatoms. The molecule has 21 heavy (non-hydrogen) atoms. The first-order valence-electron chi connectivity index (χ1n) is 6.28. The Morgan fingerprint density at radius 2 is 1.90 bits per heavy atom. The van der Waals surface area contributed by atoms with Crippen LogP contribution in [0.4, 0.5) is 8.78 Å². The maximum absolute atomic E-state index is 14.1. The molecule has 0 spiro atoms. The molecule has 0 saturated heterocycles. The highest BCUT2D eigenvalue weighted by Crippen LogP contribution is 2.26. The summed E-state index contributed by atoms with van der Waals surface area (Å²) in [7, 11) is 0. The van der Waals surface area contributed by atoms with E-state index < -0.39 is 11.6 Å². The molecular formula is C15H10Cl2F2N2. The summed E-state index contributed by atoms with van der Waals surface area (Å²) in [6.45, 7) is 0. The molecule has 0 fully saturated rings. The van der Waals surface area contributed by atoms with Crippen molar-refractivity contribution in [2.45, 2.75) is 6.42 Å². The van der Waals surface area contributed by atoms with Gasteiger partial charge in [0, 0.05) is 23.4 Å².